The first-order valence-corrected chi connectivity index (χ1v) is 7.76. The van der Waals surface area contributed by atoms with Crippen LogP contribution >= 0.6 is 12.4 Å². The lowest BCUT2D eigenvalue weighted by Crippen LogP contribution is -2.50. The van der Waals surface area contributed by atoms with Gasteiger partial charge in [0.2, 0.25) is 5.91 Å². The number of hydrogen-bond acceptors (Lipinski definition) is 2. The van der Waals surface area contributed by atoms with Gasteiger partial charge in [0.25, 0.3) is 0 Å². The van der Waals surface area contributed by atoms with Crippen molar-refractivity contribution in [2.75, 3.05) is 26.2 Å². The van der Waals surface area contributed by atoms with E-state index in [4.69, 9.17) is 0 Å². The number of carbonyl (C=O) groups is 1. The van der Waals surface area contributed by atoms with E-state index in [0.29, 0.717) is 11.8 Å². The van der Waals surface area contributed by atoms with Crippen molar-refractivity contribution in [1.82, 2.24) is 10.2 Å². The fraction of sp³-hybridized carbons (Fsp3) is 0.933. The van der Waals surface area contributed by atoms with Gasteiger partial charge in [-0.25, -0.2) is 0 Å². The molecule has 3 aliphatic rings. The number of carbonyl (C=O) groups excluding carboxylic acids is 1. The number of fused-ring (bicyclic) bond motifs is 1. The van der Waals surface area contributed by atoms with Gasteiger partial charge in [-0.05, 0) is 51.0 Å². The van der Waals surface area contributed by atoms with Crippen molar-refractivity contribution in [3.8, 4) is 0 Å². The summed E-state index contributed by atoms with van der Waals surface area (Å²) in [6.45, 7) is 6.04. The summed E-state index contributed by atoms with van der Waals surface area (Å²) in [6.07, 6.45) is 7.59. The second-order valence-corrected chi connectivity index (χ2v) is 6.52. The summed E-state index contributed by atoms with van der Waals surface area (Å²) >= 11 is 0. The molecule has 1 N–H and O–H groups in total. The van der Waals surface area contributed by atoms with Gasteiger partial charge in [0, 0.05) is 19.6 Å². The maximum Gasteiger partial charge on any atom is 0.230 e. The van der Waals surface area contributed by atoms with Crippen LogP contribution in [-0.4, -0.2) is 37.0 Å². The zero-order chi connectivity index (χ0) is 12.6. The third-order valence-electron chi connectivity index (χ3n) is 5.31. The summed E-state index contributed by atoms with van der Waals surface area (Å²) in [4.78, 5) is 15.1. The molecule has 0 aromatic rings. The smallest absolute Gasteiger partial charge is 0.230 e. The first-order valence-electron chi connectivity index (χ1n) is 7.76. The topological polar surface area (TPSA) is 32.3 Å². The lowest BCUT2D eigenvalue weighted by Gasteiger charge is -2.40. The largest absolute Gasteiger partial charge is 0.342 e. The van der Waals surface area contributed by atoms with Crippen molar-refractivity contribution in [2.24, 2.45) is 17.3 Å². The van der Waals surface area contributed by atoms with Gasteiger partial charge in [0.05, 0.1) is 5.41 Å². The van der Waals surface area contributed by atoms with E-state index in [1.807, 2.05) is 0 Å². The standard InChI is InChI=1S/C15H26N2O.ClH/c1-2-17(10-12-6-7-12)14(18)15-8-4-3-5-13(15)9-16-11-15;/h12-13,16H,2-11H2,1H3;1H/t13-,15+;/m0./s1. The van der Waals surface area contributed by atoms with E-state index in [9.17, 15) is 4.79 Å². The molecule has 0 aromatic heterocycles. The van der Waals surface area contributed by atoms with E-state index in [-0.39, 0.29) is 17.8 Å². The van der Waals surface area contributed by atoms with E-state index in [0.717, 1.165) is 38.5 Å². The lowest BCUT2D eigenvalue weighted by molar-refractivity contribution is -0.145. The molecule has 0 aromatic carbocycles. The predicted molar refractivity (Wildman–Crippen MR) is 79.5 cm³/mol. The Hall–Kier alpha value is -0.280. The molecule has 3 rings (SSSR count). The van der Waals surface area contributed by atoms with Crippen LogP contribution in [0.3, 0.4) is 0 Å². The second kappa shape index (κ2) is 6.01. The van der Waals surface area contributed by atoms with E-state index in [1.165, 1.54) is 32.1 Å². The molecule has 4 heteroatoms. The minimum absolute atomic E-state index is 0. The minimum atomic E-state index is -0.0385. The monoisotopic (exact) mass is 286 g/mol. The van der Waals surface area contributed by atoms with Crippen LogP contribution in [0.2, 0.25) is 0 Å². The van der Waals surface area contributed by atoms with Crippen molar-refractivity contribution in [2.45, 2.75) is 45.4 Å². The van der Waals surface area contributed by atoms with Gasteiger partial charge in [-0.3, -0.25) is 4.79 Å². The van der Waals surface area contributed by atoms with Crippen LogP contribution in [0.4, 0.5) is 0 Å². The predicted octanol–water partition coefficient (Wildman–Crippen LogP) is 2.45. The highest BCUT2D eigenvalue weighted by Gasteiger charge is 2.51. The Morgan fingerprint density at radius 3 is 2.79 bits per heavy atom. The highest BCUT2D eigenvalue weighted by molar-refractivity contribution is 5.85. The molecular weight excluding hydrogens is 260 g/mol. The molecule has 3 fully saturated rings. The Morgan fingerprint density at radius 1 is 1.32 bits per heavy atom. The van der Waals surface area contributed by atoms with Crippen LogP contribution in [0.1, 0.15) is 45.4 Å². The molecule has 0 radical (unpaired) electrons. The summed E-state index contributed by atoms with van der Waals surface area (Å²) in [5.74, 6) is 1.88. The zero-order valence-corrected chi connectivity index (χ0v) is 12.8. The summed E-state index contributed by atoms with van der Waals surface area (Å²) < 4.78 is 0. The van der Waals surface area contributed by atoms with Gasteiger partial charge in [0.15, 0.2) is 0 Å². The molecule has 2 saturated carbocycles. The van der Waals surface area contributed by atoms with Crippen LogP contribution in [0.15, 0.2) is 0 Å². The van der Waals surface area contributed by atoms with Crippen molar-refractivity contribution in [1.29, 1.82) is 0 Å². The fourth-order valence-electron chi connectivity index (χ4n) is 3.95. The van der Waals surface area contributed by atoms with Crippen molar-refractivity contribution in [3.63, 3.8) is 0 Å². The zero-order valence-electron chi connectivity index (χ0n) is 12.0. The van der Waals surface area contributed by atoms with Crippen LogP contribution in [0, 0.1) is 17.3 Å². The molecule has 3 nitrogen and oxygen atoms in total. The minimum Gasteiger partial charge on any atom is -0.342 e. The first kappa shape index (κ1) is 15.1. The van der Waals surface area contributed by atoms with Crippen molar-refractivity contribution < 1.29 is 4.79 Å². The number of hydrogen-bond donors (Lipinski definition) is 1. The maximum atomic E-state index is 13.0. The van der Waals surface area contributed by atoms with Gasteiger partial charge in [-0.1, -0.05) is 12.8 Å². The van der Waals surface area contributed by atoms with Crippen LogP contribution in [-0.2, 0) is 4.79 Å². The normalized spacial score (nSPS) is 33.4. The number of nitrogens with zero attached hydrogens (tertiary/aromatic N) is 1. The quantitative estimate of drug-likeness (QED) is 0.861. The van der Waals surface area contributed by atoms with Gasteiger partial charge in [0.1, 0.15) is 0 Å². The highest BCUT2D eigenvalue weighted by Crippen LogP contribution is 2.45. The van der Waals surface area contributed by atoms with E-state index >= 15 is 0 Å². The second-order valence-electron chi connectivity index (χ2n) is 6.52. The molecule has 110 valence electrons. The maximum absolute atomic E-state index is 13.0. The van der Waals surface area contributed by atoms with Gasteiger partial charge < -0.3 is 10.2 Å². The van der Waals surface area contributed by atoms with E-state index < -0.39 is 0 Å². The molecule has 19 heavy (non-hydrogen) atoms. The summed E-state index contributed by atoms with van der Waals surface area (Å²) in [7, 11) is 0. The van der Waals surface area contributed by atoms with Gasteiger partial charge in [-0.15, -0.1) is 12.4 Å². The number of halogens is 1. The molecule has 1 amide bonds. The van der Waals surface area contributed by atoms with Crippen LogP contribution in [0.5, 0.6) is 0 Å². The molecule has 2 atom stereocenters. The van der Waals surface area contributed by atoms with Crippen LogP contribution in [0.25, 0.3) is 0 Å². The molecule has 2 aliphatic carbocycles. The first-order chi connectivity index (χ1) is 8.76. The number of amides is 1. The summed E-state index contributed by atoms with van der Waals surface area (Å²) in [5, 5.41) is 3.49. The Labute approximate surface area is 122 Å². The average Bonchev–Trinajstić information content (AvgIpc) is 3.11. The Kier molecular flexibility index (Phi) is 4.78. The van der Waals surface area contributed by atoms with Crippen molar-refractivity contribution in [3.05, 3.63) is 0 Å². The molecule has 0 bridgehead atoms. The molecule has 0 unspecified atom stereocenters. The van der Waals surface area contributed by atoms with E-state index in [1.54, 1.807) is 0 Å². The lowest BCUT2D eigenvalue weighted by atomic mass is 9.67. The Bertz CT molecular complexity index is 332. The third-order valence-corrected chi connectivity index (χ3v) is 5.31. The molecular formula is C15H27ClN2O. The fourth-order valence-corrected chi connectivity index (χ4v) is 3.95. The number of nitrogens with one attached hydrogen (secondary N) is 1. The molecule has 0 spiro atoms. The molecule has 1 saturated heterocycles. The summed E-state index contributed by atoms with van der Waals surface area (Å²) in [5.41, 5.74) is -0.0385. The Balaban J connectivity index is 0.00000133. The molecule has 1 heterocycles. The average molecular weight is 287 g/mol. The van der Waals surface area contributed by atoms with Crippen LogP contribution < -0.4 is 5.32 Å². The third kappa shape index (κ3) is 2.78. The van der Waals surface area contributed by atoms with Gasteiger partial charge in [-0.2, -0.15) is 0 Å². The highest BCUT2D eigenvalue weighted by atomic mass is 35.5. The van der Waals surface area contributed by atoms with Crippen molar-refractivity contribution >= 4 is 18.3 Å². The van der Waals surface area contributed by atoms with Gasteiger partial charge >= 0.3 is 0 Å². The Morgan fingerprint density at radius 2 is 2.11 bits per heavy atom. The SMILES string of the molecule is CCN(CC1CC1)C(=O)[C@@]12CCCC[C@H]1CNC2.Cl. The van der Waals surface area contributed by atoms with E-state index in [2.05, 4.69) is 17.1 Å². The number of rotatable bonds is 4. The summed E-state index contributed by atoms with van der Waals surface area (Å²) in [6, 6.07) is 0. The molecule has 1 aliphatic heterocycles.